The number of ketones is 1. The second-order valence-corrected chi connectivity index (χ2v) is 8.86. The molecule has 1 aliphatic heterocycles. The van der Waals surface area contributed by atoms with E-state index in [4.69, 9.17) is 0 Å². The van der Waals surface area contributed by atoms with E-state index in [9.17, 15) is 10.1 Å². The summed E-state index contributed by atoms with van der Waals surface area (Å²) < 4.78 is 0. The van der Waals surface area contributed by atoms with Crippen molar-refractivity contribution in [3.63, 3.8) is 0 Å². The molecule has 0 fully saturated rings. The second-order valence-electron chi connectivity index (χ2n) is 8.86. The van der Waals surface area contributed by atoms with Gasteiger partial charge in [-0.05, 0) is 69.2 Å². The van der Waals surface area contributed by atoms with E-state index in [0.29, 0.717) is 12.0 Å². The van der Waals surface area contributed by atoms with Gasteiger partial charge in [0.05, 0.1) is 17.6 Å². The molecule has 4 rings (SSSR count). The van der Waals surface area contributed by atoms with E-state index in [1.807, 2.05) is 32.0 Å². The summed E-state index contributed by atoms with van der Waals surface area (Å²) in [5, 5.41) is 13.3. The lowest BCUT2D eigenvalue weighted by molar-refractivity contribution is -0.116. The minimum Gasteiger partial charge on any atom is -0.361 e. The lowest BCUT2D eigenvalue weighted by Gasteiger charge is -2.36. The van der Waals surface area contributed by atoms with Crippen molar-refractivity contribution in [3.05, 3.63) is 92.3 Å². The summed E-state index contributed by atoms with van der Waals surface area (Å²) in [6.07, 6.45) is 1.29. The van der Waals surface area contributed by atoms with Gasteiger partial charge in [0.2, 0.25) is 0 Å². The number of carbonyl (C=O) groups excluding carboxylic acids is 1. The van der Waals surface area contributed by atoms with Crippen molar-refractivity contribution in [2.24, 2.45) is 0 Å². The van der Waals surface area contributed by atoms with Gasteiger partial charge in [-0.3, -0.25) is 4.79 Å². The predicted octanol–water partition coefficient (Wildman–Crippen LogP) is 5.81. The van der Waals surface area contributed by atoms with Crippen LogP contribution in [-0.4, -0.2) is 5.78 Å². The maximum atomic E-state index is 13.5. The second kappa shape index (κ2) is 7.61. The minimum absolute atomic E-state index is 0.153. The Labute approximate surface area is 179 Å². The largest absolute Gasteiger partial charge is 0.361 e. The molecule has 1 aliphatic carbocycles. The lowest BCUT2D eigenvalue weighted by Crippen LogP contribution is -2.33. The normalized spacial score (nSPS) is 21.3. The highest BCUT2D eigenvalue weighted by Gasteiger charge is 2.39. The van der Waals surface area contributed by atoms with E-state index >= 15 is 0 Å². The van der Waals surface area contributed by atoms with Gasteiger partial charge in [-0.1, -0.05) is 47.5 Å². The highest BCUT2D eigenvalue weighted by Crippen LogP contribution is 2.46. The number of nitriles is 1. The predicted molar refractivity (Wildman–Crippen MR) is 120 cm³/mol. The van der Waals surface area contributed by atoms with Gasteiger partial charge in [0, 0.05) is 23.4 Å². The molecule has 2 unspecified atom stereocenters. The first-order valence-corrected chi connectivity index (χ1v) is 10.6. The van der Waals surface area contributed by atoms with Crippen LogP contribution in [0.1, 0.15) is 65.0 Å². The fourth-order valence-corrected chi connectivity index (χ4v) is 5.41. The van der Waals surface area contributed by atoms with Crippen LogP contribution < -0.4 is 5.32 Å². The molecule has 0 aromatic heterocycles. The molecule has 3 heteroatoms. The molecule has 152 valence electrons. The zero-order valence-electron chi connectivity index (χ0n) is 18.4. The topological polar surface area (TPSA) is 52.9 Å². The molecule has 0 saturated carbocycles. The Kier molecular flexibility index (Phi) is 5.12. The molecule has 0 bridgehead atoms. The van der Waals surface area contributed by atoms with Gasteiger partial charge in [-0.15, -0.1) is 0 Å². The number of aryl methyl sites for hydroxylation is 4. The molecule has 0 saturated heterocycles. The fraction of sp³-hybridized carbons (Fsp3) is 0.333. The van der Waals surface area contributed by atoms with Crippen LogP contribution in [0.2, 0.25) is 0 Å². The number of hydrogen-bond acceptors (Lipinski definition) is 3. The molecular weight excluding hydrogens is 368 g/mol. The third kappa shape index (κ3) is 3.37. The molecule has 3 nitrogen and oxygen atoms in total. The van der Waals surface area contributed by atoms with Crippen LogP contribution in [-0.2, 0) is 4.79 Å². The molecule has 2 aliphatic rings. The molecule has 2 aromatic rings. The molecule has 1 heterocycles. The standard InChI is InChI=1S/C27H28N2O/c1-15-7-6-8-20(11-15)26-22(14-28)19(5)29-23-12-21(13-24(30)27(23)26)25-17(3)9-16(2)10-18(25)4/h6-11,21,26,29H,12-13H2,1-5H3. The lowest BCUT2D eigenvalue weighted by atomic mass is 9.71. The zero-order valence-corrected chi connectivity index (χ0v) is 18.4. The number of nitrogens with zero attached hydrogens (tertiary/aromatic N) is 1. The fourth-order valence-electron chi connectivity index (χ4n) is 5.41. The van der Waals surface area contributed by atoms with Crippen molar-refractivity contribution in [1.82, 2.24) is 5.32 Å². The van der Waals surface area contributed by atoms with E-state index < -0.39 is 0 Å². The number of benzene rings is 2. The summed E-state index contributed by atoms with van der Waals surface area (Å²) >= 11 is 0. The van der Waals surface area contributed by atoms with Crippen LogP contribution in [0.3, 0.4) is 0 Å². The summed E-state index contributed by atoms with van der Waals surface area (Å²) in [6.45, 7) is 10.4. The van der Waals surface area contributed by atoms with Crippen LogP contribution in [0.5, 0.6) is 0 Å². The number of Topliss-reactive ketones (excluding diaryl/α,β-unsaturated/α-hetero) is 1. The van der Waals surface area contributed by atoms with Crippen LogP contribution in [0.4, 0.5) is 0 Å². The Hall–Kier alpha value is -3.12. The van der Waals surface area contributed by atoms with E-state index in [-0.39, 0.29) is 17.6 Å². The third-order valence-electron chi connectivity index (χ3n) is 6.47. The van der Waals surface area contributed by atoms with Crippen molar-refractivity contribution in [2.75, 3.05) is 0 Å². The van der Waals surface area contributed by atoms with Gasteiger partial charge in [0.25, 0.3) is 0 Å². The molecule has 30 heavy (non-hydrogen) atoms. The van der Waals surface area contributed by atoms with E-state index in [0.717, 1.165) is 34.5 Å². The molecule has 0 spiro atoms. The summed E-state index contributed by atoms with van der Waals surface area (Å²) in [5.74, 6) is 0.0404. The number of nitrogens with one attached hydrogen (secondary N) is 1. The van der Waals surface area contributed by atoms with Gasteiger partial charge >= 0.3 is 0 Å². The van der Waals surface area contributed by atoms with Gasteiger partial charge in [0.1, 0.15) is 0 Å². The highest BCUT2D eigenvalue weighted by atomic mass is 16.1. The van der Waals surface area contributed by atoms with Crippen molar-refractivity contribution < 1.29 is 4.79 Å². The quantitative estimate of drug-likeness (QED) is 0.697. The Bertz CT molecular complexity index is 1140. The number of carbonyl (C=O) groups is 1. The van der Waals surface area contributed by atoms with E-state index in [1.54, 1.807) is 0 Å². The molecule has 0 amide bonds. The zero-order chi connectivity index (χ0) is 21.6. The molecule has 2 aromatic carbocycles. The van der Waals surface area contributed by atoms with Crippen molar-refractivity contribution in [3.8, 4) is 6.07 Å². The van der Waals surface area contributed by atoms with E-state index in [1.165, 1.54) is 22.3 Å². The first kappa shape index (κ1) is 20.2. The number of rotatable bonds is 2. The van der Waals surface area contributed by atoms with Crippen LogP contribution in [0.15, 0.2) is 58.9 Å². The van der Waals surface area contributed by atoms with E-state index in [2.05, 4.69) is 50.4 Å². The average Bonchev–Trinajstić information content (AvgIpc) is 2.66. The first-order chi connectivity index (χ1) is 14.3. The average molecular weight is 397 g/mol. The first-order valence-electron chi connectivity index (χ1n) is 10.6. The summed E-state index contributed by atoms with van der Waals surface area (Å²) in [5.41, 5.74) is 10.5. The highest BCUT2D eigenvalue weighted by molar-refractivity contribution is 6.00. The smallest absolute Gasteiger partial charge is 0.162 e. The Morgan fingerprint density at radius 3 is 2.30 bits per heavy atom. The monoisotopic (exact) mass is 396 g/mol. The van der Waals surface area contributed by atoms with Gasteiger partial charge in [-0.2, -0.15) is 5.26 Å². The van der Waals surface area contributed by atoms with Crippen molar-refractivity contribution >= 4 is 5.78 Å². The molecular formula is C27H28N2O. The molecule has 2 atom stereocenters. The maximum absolute atomic E-state index is 13.5. The molecule has 1 N–H and O–H groups in total. The Morgan fingerprint density at radius 2 is 1.67 bits per heavy atom. The van der Waals surface area contributed by atoms with Crippen molar-refractivity contribution in [2.45, 2.75) is 59.3 Å². The van der Waals surface area contributed by atoms with Crippen LogP contribution in [0, 0.1) is 39.0 Å². The number of allylic oxidation sites excluding steroid dienone is 4. The third-order valence-corrected chi connectivity index (χ3v) is 6.47. The minimum atomic E-state index is -0.278. The summed E-state index contributed by atoms with van der Waals surface area (Å²) in [6, 6.07) is 15.0. The Morgan fingerprint density at radius 1 is 0.967 bits per heavy atom. The number of dihydropyridines is 1. The van der Waals surface area contributed by atoms with Crippen molar-refractivity contribution in [1.29, 1.82) is 5.26 Å². The number of hydrogen-bond donors (Lipinski definition) is 1. The SMILES string of the molecule is CC1=C(C#N)C(c2cccc(C)c2)C2=C(CC(c3c(C)cc(C)cc3C)CC2=O)N1. The van der Waals surface area contributed by atoms with Gasteiger partial charge in [0.15, 0.2) is 5.78 Å². The molecule has 0 radical (unpaired) electrons. The van der Waals surface area contributed by atoms with Crippen LogP contribution in [0.25, 0.3) is 0 Å². The van der Waals surface area contributed by atoms with Crippen LogP contribution >= 0.6 is 0 Å². The Balaban J connectivity index is 1.82. The van der Waals surface area contributed by atoms with Gasteiger partial charge < -0.3 is 5.32 Å². The summed E-state index contributed by atoms with van der Waals surface area (Å²) in [4.78, 5) is 13.5. The van der Waals surface area contributed by atoms with Gasteiger partial charge in [-0.25, -0.2) is 0 Å². The maximum Gasteiger partial charge on any atom is 0.162 e. The summed E-state index contributed by atoms with van der Waals surface area (Å²) in [7, 11) is 0.